The molecule has 6 nitrogen and oxygen atoms in total. The van der Waals surface area contributed by atoms with Gasteiger partial charge in [0.25, 0.3) is 15.9 Å². The zero-order valence-electron chi connectivity index (χ0n) is 20.1. The summed E-state index contributed by atoms with van der Waals surface area (Å²) >= 11 is 0. The van der Waals surface area contributed by atoms with Gasteiger partial charge in [-0.3, -0.25) is 9.10 Å². The molecule has 3 rings (SSSR count). The van der Waals surface area contributed by atoms with Crippen LogP contribution < -0.4 is 9.73 Å². The van der Waals surface area contributed by atoms with Gasteiger partial charge < -0.3 is 0 Å². The number of carbonyl (C=O) groups is 1. The zero-order valence-corrected chi connectivity index (χ0v) is 20.9. The van der Waals surface area contributed by atoms with Crippen LogP contribution in [0.5, 0.6) is 0 Å². The number of amides is 1. The summed E-state index contributed by atoms with van der Waals surface area (Å²) in [6, 6.07) is 22.0. The monoisotopic (exact) mass is 477 g/mol. The van der Waals surface area contributed by atoms with Crippen molar-refractivity contribution in [2.75, 3.05) is 10.8 Å². The van der Waals surface area contributed by atoms with Crippen molar-refractivity contribution in [1.29, 1.82) is 0 Å². The highest BCUT2D eigenvalue weighted by Gasteiger charge is 2.27. The summed E-state index contributed by atoms with van der Waals surface area (Å²) in [7, 11) is -3.96. The maximum atomic E-state index is 13.5. The molecule has 3 aromatic carbocycles. The van der Waals surface area contributed by atoms with Gasteiger partial charge in [-0.2, -0.15) is 5.10 Å². The number of hydrogen-bond donors (Lipinski definition) is 1. The molecule has 0 radical (unpaired) electrons. The summed E-state index contributed by atoms with van der Waals surface area (Å²) in [6.45, 7) is 7.22. The number of benzene rings is 3. The number of hydrogen-bond acceptors (Lipinski definition) is 4. The maximum Gasteiger partial charge on any atom is 0.264 e. The molecule has 178 valence electrons. The number of carbonyl (C=O) groups excluding carboxylic acids is 1. The normalized spacial score (nSPS) is 11.8. The molecule has 0 spiro atoms. The first-order chi connectivity index (χ1) is 16.2. The molecule has 0 unspecified atom stereocenters. The van der Waals surface area contributed by atoms with E-state index in [-0.39, 0.29) is 11.4 Å². The minimum absolute atomic E-state index is 0.131. The Morgan fingerprint density at radius 3 is 2.24 bits per heavy atom. The van der Waals surface area contributed by atoms with Crippen molar-refractivity contribution >= 4 is 27.3 Å². The predicted octanol–water partition coefficient (Wildman–Crippen LogP) is 4.93. The second-order valence-electron chi connectivity index (χ2n) is 8.46. The molecule has 0 atom stereocenters. The van der Waals surface area contributed by atoms with Gasteiger partial charge in [-0.25, -0.2) is 13.8 Å². The molecule has 3 aromatic rings. The van der Waals surface area contributed by atoms with E-state index in [1.165, 1.54) is 5.56 Å². The molecule has 0 aromatic heterocycles. The molecule has 0 heterocycles. The summed E-state index contributed by atoms with van der Waals surface area (Å²) in [5.41, 5.74) is 7.84. The fourth-order valence-electron chi connectivity index (χ4n) is 3.38. The average molecular weight is 478 g/mol. The van der Waals surface area contributed by atoms with Crippen LogP contribution in [-0.4, -0.2) is 26.6 Å². The lowest BCUT2D eigenvalue weighted by Crippen LogP contribution is -2.39. The van der Waals surface area contributed by atoms with Crippen molar-refractivity contribution in [3.63, 3.8) is 0 Å². The van der Waals surface area contributed by atoms with E-state index in [1.807, 2.05) is 64.1 Å². The Hall–Kier alpha value is -3.45. The van der Waals surface area contributed by atoms with E-state index in [0.29, 0.717) is 12.1 Å². The molecule has 0 fully saturated rings. The zero-order chi connectivity index (χ0) is 24.7. The fraction of sp³-hybridized carbons (Fsp3) is 0.259. The Bertz CT molecular complexity index is 1270. The number of nitrogens with zero attached hydrogens (tertiary/aromatic N) is 2. The molecule has 0 saturated carbocycles. The standard InChI is InChI=1S/C27H31N3O3S/c1-20-10-16-26(17-11-20)34(32,33)30(25-15-12-21(2)22(3)18-25)19-27(31)29-28-23(4)13-14-24-8-6-5-7-9-24/h5-12,15-18H,13-14,19H2,1-4H3,(H,29,31)/b28-23-. The van der Waals surface area contributed by atoms with Crippen LogP contribution in [0.3, 0.4) is 0 Å². The number of aryl methyl sites for hydroxylation is 4. The molecule has 0 saturated heterocycles. The third-order valence-electron chi connectivity index (χ3n) is 5.66. The Balaban J connectivity index is 1.78. The molecule has 0 aliphatic carbocycles. The van der Waals surface area contributed by atoms with Crippen LogP contribution in [0.4, 0.5) is 5.69 Å². The lowest BCUT2D eigenvalue weighted by atomic mass is 10.1. The number of rotatable bonds is 9. The molecule has 1 amide bonds. The summed E-state index contributed by atoms with van der Waals surface area (Å²) in [6.07, 6.45) is 1.50. The molecule has 7 heteroatoms. The van der Waals surface area contributed by atoms with Gasteiger partial charge in [-0.05, 0) is 81.5 Å². The van der Waals surface area contributed by atoms with Crippen LogP contribution >= 0.6 is 0 Å². The van der Waals surface area contributed by atoms with Crippen molar-refractivity contribution in [2.45, 2.75) is 45.4 Å². The summed E-state index contributed by atoms with van der Waals surface area (Å²) < 4.78 is 28.1. The first kappa shape index (κ1) is 25.2. The van der Waals surface area contributed by atoms with E-state index in [9.17, 15) is 13.2 Å². The summed E-state index contributed by atoms with van der Waals surface area (Å²) in [4.78, 5) is 12.9. The van der Waals surface area contributed by atoms with Crippen molar-refractivity contribution in [3.8, 4) is 0 Å². The quantitative estimate of drug-likeness (QED) is 0.350. The Morgan fingerprint density at radius 2 is 1.59 bits per heavy atom. The highest BCUT2D eigenvalue weighted by atomic mass is 32.2. The van der Waals surface area contributed by atoms with Gasteiger partial charge in [0.15, 0.2) is 0 Å². The lowest BCUT2D eigenvalue weighted by Gasteiger charge is -2.24. The van der Waals surface area contributed by atoms with E-state index < -0.39 is 15.9 Å². The van der Waals surface area contributed by atoms with Gasteiger partial charge in [0.2, 0.25) is 0 Å². The minimum atomic E-state index is -3.96. The van der Waals surface area contributed by atoms with E-state index in [2.05, 4.69) is 10.5 Å². The van der Waals surface area contributed by atoms with E-state index >= 15 is 0 Å². The molecule has 1 N–H and O–H groups in total. The number of hydrazone groups is 1. The van der Waals surface area contributed by atoms with Crippen molar-refractivity contribution in [1.82, 2.24) is 5.43 Å². The molecule has 0 aliphatic rings. The van der Waals surface area contributed by atoms with Crippen LogP contribution in [0.1, 0.15) is 35.6 Å². The van der Waals surface area contributed by atoms with Crippen molar-refractivity contribution < 1.29 is 13.2 Å². The first-order valence-electron chi connectivity index (χ1n) is 11.2. The van der Waals surface area contributed by atoms with Crippen LogP contribution in [0.15, 0.2) is 82.8 Å². The predicted molar refractivity (Wildman–Crippen MR) is 138 cm³/mol. The molecule has 0 aliphatic heterocycles. The van der Waals surface area contributed by atoms with Gasteiger partial charge in [-0.15, -0.1) is 0 Å². The van der Waals surface area contributed by atoms with Crippen LogP contribution in [0, 0.1) is 20.8 Å². The van der Waals surface area contributed by atoms with E-state index in [1.54, 1.807) is 36.4 Å². The van der Waals surface area contributed by atoms with Crippen molar-refractivity contribution in [3.05, 3.63) is 95.1 Å². The molecule has 34 heavy (non-hydrogen) atoms. The number of sulfonamides is 1. The summed E-state index contributed by atoms with van der Waals surface area (Å²) in [5.74, 6) is -0.507. The molecule has 0 bridgehead atoms. The third-order valence-corrected chi connectivity index (χ3v) is 7.45. The lowest BCUT2D eigenvalue weighted by molar-refractivity contribution is -0.119. The number of nitrogens with one attached hydrogen (secondary N) is 1. The van der Waals surface area contributed by atoms with Gasteiger partial charge in [0, 0.05) is 5.71 Å². The van der Waals surface area contributed by atoms with E-state index in [0.717, 1.165) is 33.1 Å². The topological polar surface area (TPSA) is 78.8 Å². The number of anilines is 1. The fourth-order valence-corrected chi connectivity index (χ4v) is 4.80. The largest absolute Gasteiger partial charge is 0.271 e. The van der Waals surface area contributed by atoms with Crippen molar-refractivity contribution in [2.24, 2.45) is 5.10 Å². The molecular formula is C27H31N3O3S. The third kappa shape index (κ3) is 6.54. The Morgan fingerprint density at radius 1 is 0.912 bits per heavy atom. The SMILES string of the molecule is C/C(CCc1ccccc1)=N/NC(=O)CN(c1ccc(C)c(C)c1)S(=O)(=O)c1ccc(C)cc1. The Labute approximate surface area is 202 Å². The van der Waals surface area contributed by atoms with Gasteiger partial charge >= 0.3 is 0 Å². The highest BCUT2D eigenvalue weighted by Crippen LogP contribution is 2.26. The van der Waals surface area contributed by atoms with Crippen LogP contribution in [0.2, 0.25) is 0 Å². The highest BCUT2D eigenvalue weighted by molar-refractivity contribution is 7.92. The minimum Gasteiger partial charge on any atom is -0.271 e. The van der Waals surface area contributed by atoms with E-state index in [4.69, 9.17) is 0 Å². The van der Waals surface area contributed by atoms with Gasteiger partial charge in [-0.1, -0.05) is 54.1 Å². The second kappa shape index (κ2) is 11.1. The second-order valence-corrected chi connectivity index (χ2v) is 10.3. The van der Waals surface area contributed by atoms with Gasteiger partial charge in [0.05, 0.1) is 10.6 Å². The maximum absolute atomic E-state index is 13.5. The molecular weight excluding hydrogens is 446 g/mol. The first-order valence-corrected chi connectivity index (χ1v) is 12.6. The van der Waals surface area contributed by atoms with Gasteiger partial charge in [0.1, 0.15) is 6.54 Å². The Kier molecular flexibility index (Phi) is 8.23. The van der Waals surface area contributed by atoms with Crippen LogP contribution in [0.25, 0.3) is 0 Å². The average Bonchev–Trinajstić information content (AvgIpc) is 2.82. The van der Waals surface area contributed by atoms with Crippen LogP contribution in [-0.2, 0) is 21.2 Å². The smallest absolute Gasteiger partial charge is 0.264 e. The summed E-state index contributed by atoms with van der Waals surface area (Å²) in [5, 5.41) is 4.18.